The summed E-state index contributed by atoms with van der Waals surface area (Å²) in [6.45, 7) is 3.53. The van der Waals surface area contributed by atoms with Crippen molar-refractivity contribution in [3.05, 3.63) is 47.7 Å². The molecule has 134 valence electrons. The van der Waals surface area contributed by atoms with E-state index >= 15 is 0 Å². The van der Waals surface area contributed by atoms with Crippen LogP contribution in [0.5, 0.6) is 0 Å². The highest BCUT2D eigenvalue weighted by atomic mass is 16.5. The number of aromatic nitrogens is 3. The van der Waals surface area contributed by atoms with Crippen LogP contribution >= 0.6 is 0 Å². The van der Waals surface area contributed by atoms with Crippen LogP contribution in [-0.4, -0.2) is 39.0 Å². The number of hydrogen-bond donors (Lipinski definition) is 1. The number of benzene rings is 1. The van der Waals surface area contributed by atoms with E-state index < -0.39 is 0 Å². The summed E-state index contributed by atoms with van der Waals surface area (Å²) < 4.78 is 5.47. The summed E-state index contributed by atoms with van der Waals surface area (Å²) in [6.07, 6.45) is 6.07. The first-order valence-electron chi connectivity index (χ1n) is 9.33. The third kappa shape index (κ3) is 2.52. The van der Waals surface area contributed by atoms with Gasteiger partial charge in [-0.25, -0.2) is 0 Å². The van der Waals surface area contributed by atoms with Gasteiger partial charge in [0.25, 0.3) is 5.91 Å². The first kappa shape index (κ1) is 15.6. The summed E-state index contributed by atoms with van der Waals surface area (Å²) in [6, 6.07) is 7.79. The van der Waals surface area contributed by atoms with Crippen LogP contribution in [0.25, 0.3) is 10.9 Å². The van der Waals surface area contributed by atoms with Gasteiger partial charge < -0.3 is 14.4 Å². The van der Waals surface area contributed by atoms with Gasteiger partial charge in [0.15, 0.2) is 5.82 Å². The highest BCUT2D eigenvalue weighted by molar-refractivity contribution is 6.06. The number of carbonyl (C=O) groups excluding carboxylic acids is 1. The lowest BCUT2D eigenvalue weighted by atomic mass is 9.81. The number of nitrogens with one attached hydrogen (secondary N) is 1. The van der Waals surface area contributed by atoms with Gasteiger partial charge in [0.2, 0.25) is 5.89 Å². The van der Waals surface area contributed by atoms with Crippen molar-refractivity contribution in [2.45, 2.75) is 43.9 Å². The van der Waals surface area contributed by atoms with Crippen molar-refractivity contribution >= 4 is 16.8 Å². The van der Waals surface area contributed by atoms with Crippen LogP contribution in [0, 0.1) is 0 Å². The van der Waals surface area contributed by atoms with Crippen molar-refractivity contribution < 1.29 is 9.32 Å². The van der Waals surface area contributed by atoms with Crippen LogP contribution in [-0.2, 0) is 5.41 Å². The molecule has 1 amide bonds. The number of rotatable bonds is 3. The van der Waals surface area contributed by atoms with E-state index in [0.717, 1.165) is 60.4 Å². The van der Waals surface area contributed by atoms with Gasteiger partial charge in [-0.05, 0) is 43.9 Å². The predicted molar refractivity (Wildman–Crippen MR) is 97.1 cm³/mol. The number of amides is 1. The van der Waals surface area contributed by atoms with Crippen LogP contribution in [0.1, 0.15) is 60.6 Å². The topological polar surface area (TPSA) is 75.0 Å². The molecule has 1 aromatic carbocycles. The fourth-order valence-electron chi connectivity index (χ4n) is 4.01. The van der Waals surface area contributed by atoms with Crippen LogP contribution in [0.3, 0.4) is 0 Å². The predicted octanol–water partition coefficient (Wildman–Crippen LogP) is 3.62. The van der Waals surface area contributed by atoms with Crippen LogP contribution in [0.4, 0.5) is 0 Å². The second-order valence-corrected chi connectivity index (χ2v) is 7.87. The van der Waals surface area contributed by atoms with E-state index in [1.165, 1.54) is 0 Å². The third-order valence-electron chi connectivity index (χ3n) is 5.72. The van der Waals surface area contributed by atoms with Crippen molar-refractivity contribution in [2.75, 3.05) is 13.1 Å². The number of likely N-dealkylation sites (tertiary alicyclic amines) is 1. The number of carbonyl (C=O) groups is 1. The molecule has 0 bridgehead atoms. The van der Waals surface area contributed by atoms with E-state index in [-0.39, 0.29) is 11.3 Å². The summed E-state index contributed by atoms with van der Waals surface area (Å²) in [7, 11) is 0. The minimum Gasteiger partial charge on any atom is -0.361 e. The molecule has 26 heavy (non-hydrogen) atoms. The van der Waals surface area contributed by atoms with Gasteiger partial charge in [-0.3, -0.25) is 4.79 Å². The molecule has 3 heterocycles. The maximum Gasteiger partial charge on any atom is 0.254 e. The minimum absolute atomic E-state index is 0.0760. The molecule has 1 aliphatic heterocycles. The van der Waals surface area contributed by atoms with E-state index in [1.54, 1.807) is 0 Å². The molecule has 6 nitrogen and oxygen atoms in total. The average molecular weight is 350 g/mol. The van der Waals surface area contributed by atoms with Crippen LogP contribution < -0.4 is 0 Å². The van der Waals surface area contributed by atoms with Gasteiger partial charge in [-0.1, -0.05) is 18.1 Å². The van der Waals surface area contributed by atoms with Crippen molar-refractivity contribution in [3.8, 4) is 0 Å². The molecule has 1 unspecified atom stereocenters. The zero-order chi connectivity index (χ0) is 17.7. The quantitative estimate of drug-likeness (QED) is 0.783. The molecule has 1 saturated heterocycles. The lowest BCUT2D eigenvalue weighted by Crippen LogP contribution is -2.47. The number of H-pyrrole nitrogens is 1. The average Bonchev–Trinajstić information content (AvgIpc) is 3.18. The van der Waals surface area contributed by atoms with E-state index in [9.17, 15) is 4.79 Å². The molecule has 2 aliphatic rings. The van der Waals surface area contributed by atoms with Crippen molar-refractivity contribution in [1.82, 2.24) is 20.0 Å². The molecule has 2 aromatic heterocycles. The lowest BCUT2D eigenvalue weighted by Gasteiger charge is -2.38. The first-order valence-corrected chi connectivity index (χ1v) is 9.33. The van der Waals surface area contributed by atoms with E-state index in [4.69, 9.17) is 4.52 Å². The van der Waals surface area contributed by atoms with Crippen molar-refractivity contribution in [1.29, 1.82) is 0 Å². The molecular weight excluding hydrogens is 328 g/mol. The first-order chi connectivity index (χ1) is 12.6. The van der Waals surface area contributed by atoms with Gasteiger partial charge in [-0.15, -0.1) is 0 Å². The lowest BCUT2D eigenvalue weighted by molar-refractivity contribution is 0.0644. The Kier molecular flexibility index (Phi) is 3.42. The monoisotopic (exact) mass is 350 g/mol. The molecular formula is C20H22N4O2. The fraction of sp³-hybridized carbons (Fsp3) is 0.450. The SMILES string of the molecule is CC1(c2noc(C3CC3)n2)CCCN(C(=O)c2cccc3[nH]ccc23)C1. The highest BCUT2D eigenvalue weighted by Crippen LogP contribution is 2.40. The maximum atomic E-state index is 13.2. The Balaban J connectivity index is 1.42. The molecule has 5 rings (SSSR count). The van der Waals surface area contributed by atoms with Crippen LogP contribution in [0.2, 0.25) is 0 Å². The Bertz CT molecular complexity index is 971. The highest BCUT2D eigenvalue weighted by Gasteiger charge is 2.40. The Morgan fingerprint density at radius 3 is 3.08 bits per heavy atom. The second-order valence-electron chi connectivity index (χ2n) is 7.87. The number of piperidine rings is 1. The molecule has 1 N–H and O–H groups in total. The third-order valence-corrected chi connectivity index (χ3v) is 5.72. The second kappa shape index (κ2) is 5.69. The van der Waals surface area contributed by atoms with Crippen LogP contribution in [0.15, 0.2) is 35.0 Å². The summed E-state index contributed by atoms with van der Waals surface area (Å²) in [5.74, 6) is 2.04. The number of nitrogens with zero attached hydrogens (tertiary/aromatic N) is 3. The van der Waals surface area contributed by atoms with E-state index in [1.807, 2.05) is 35.4 Å². The number of fused-ring (bicyclic) bond motifs is 1. The molecule has 0 radical (unpaired) electrons. The Morgan fingerprint density at radius 2 is 2.23 bits per heavy atom. The van der Waals surface area contributed by atoms with Gasteiger partial charge in [-0.2, -0.15) is 4.98 Å². The normalized spacial score (nSPS) is 23.5. The molecule has 1 atom stereocenters. The van der Waals surface area contributed by atoms with Gasteiger partial charge in [0.05, 0.1) is 0 Å². The molecule has 1 saturated carbocycles. The van der Waals surface area contributed by atoms with Crippen molar-refractivity contribution in [3.63, 3.8) is 0 Å². The largest absolute Gasteiger partial charge is 0.361 e. The summed E-state index contributed by atoms with van der Waals surface area (Å²) in [5.41, 5.74) is 1.49. The summed E-state index contributed by atoms with van der Waals surface area (Å²) in [5, 5.41) is 5.22. The molecule has 1 aliphatic carbocycles. The zero-order valence-electron chi connectivity index (χ0n) is 14.9. The Hall–Kier alpha value is -2.63. The standard InChI is InChI=1S/C20H22N4O2/c1-20(19-22-17(26-23-19)13-6-7-13)9-3-11-24(12-20)18(25)15-4-2-5-16-14(15)8-10-21-16/h2,4-5,8,10,13,21H,3,6-7,9,11-12H2,1H3. The van der Waals surface area contributed by atoms with E-state index in [0.29, 0.717) is 12.5 Å². The van der Waals surface area contributed by atoms with Gasteiger partial charge >= 0.3 is 0 Å². The molecule has 3 aromatic rings. The van der Waals surface area contributed by atoms with Gasteiger partial charge in [0.1, 0.15) is 0 Å². The number of aromatic amines is 1. The fourth-order valence-corrected chi connectivity index (χ4v) is 4.01. The van der Waals surface area contributed by atoms with Gasteiger partial charge in [0, 0.05) is 47.1 Å². The maximum absolute atomic E-state index is 13.2. The smallest absolute Gasteiger partial charge is 0.254 e. The zero-order valence-corrected chi connectivity index (χ0v) is 14.9. The molecule has 2 fully saturated rings. The Labute approximate surface area is 151 Å². The molecule has 0 spiro atoms. The van der Waals surface area contributed by atoms with Crippen molar-refractivity contribution in [2.24, 2.45) is 0 Å². The Morgan fingerprint density at radius 1 is 1.35 bits per heavy atom. The number of hydrogen-bond acceptors (Lipinski definition) is 4. The minimum atomic E-state index is -0.253. The summed E-state index contributed by atoms with van der Waals surface area (Å²) in [4.78, 5) is 23.0. The molecule has 6 heteroatoms. The van der Waals surface area contributed by atoms with E-state index in [2.05, 4.69) is 22.0 Å². The summed E-state index contributed by atoms with van der Waals surface area (Å²) >= 11 is 0.